The Bertz CT molecular complexity index is 423. The molecular weight excluding hydrogens is 262 g/mol. The van der Waals surface area contributed by atoms with Crippen LogP contribution in [0, 0.1) is 5.92 Å². The Morgan fingerprint density at radius 3 is 2.89 bits per heavy atom. The monoisotopic (exact) mass is 283 g/mol. The number of carbonyl (C=O) groups excluding carboxylic acids is 1. The van der Waals surface area contributed by atoms with Crippen LogP contribution >= 0.6 is 12.4 Å². The molecule has 0 fully saturated rings. The Kier molecular flexibility index (Phi) is 5.96. The normalized spacial score (nSPS) is 13.3. The molecule has 1 aromatic carbocycles. The molecular formula is C14H22ClN3O. The topological polar surface area (TPSA) is 44.4 Å². The standard InChI is InChI=1S/C14H21N3O.ClH/c1-11(2)9-16-14(18)10-17-8-7-15-12-5-3-4-6-13(12)17;/h3-6,11,15H,7-10H2,1-2H3,(H,16,18);1H. The number of anilines is 2. The largest absolute Gasteiger partial charge is 0.382 e. The van der Waals surface area contributed by atoms with Crippen molar-refractivity contribution < 1.29 is 4.79 Å². The first-order chi connectivity index (χ1) is 8.66. The molecule has 0 saturated carbocycles. The molecule has 1 aliphatic rings. The van der Waals surface area contributed by atoms with Gasteiger partial charge in [0.05, 0.1) is 17.9 Å². The van der Waals surface area contributed by atoms with E-state index in [1.807, 2.05) is 18.2 Å². The molecule has 2 rings (SSSR count). The zero-order valence-corrected chi connectivity index (χ0v) is 12.3. The molecule has 2 N–H and O–H groups in total. The van der Waals surface area contributed by atoms with E-state index in [0.29, 0.717) is 12.5 Å². The molecule has 4 nitrogen and oxygen atoms in total. The fourth-order valence-electron chi connectivity index (χ4n) is 2.06. The predicted octanol–water partition coefficient (Wildman–Crippen LogP) is 2.11. The maximum atomic E-state index is 11.9. The Morgan fingerprint density at radius 1 is 1.42 bits per heavy atom. The molecule has 0 saturated heterocycles. The van der Waals surface area contributed by atoms with Gasteiger partial charge in [-0.3, -0.25) is 4.79 Å². The third-order valence-electron chi connectivity index (χ3n) is 2.98. The summed E-state index contributed by atoms with van der Waals surface area (Å²) in [5, 5.41) is 6.30. The average Bonchev–Trinajstić information content (AvgIpc) is 2.37. The van der Waals surface area contributed by atoms with Gasteiger partial charge in [-0.2, -0.15) is 0 Å². The second-order valence-corrected chi connectivity index (χ2v) is 5.06. The molecule has 1 heterocycles. The van der Waals surface area contributed by atoms with Crippen LogP contribution in [0.5, 0.6) is 0 Å². The molecule has 0 spiro atoms. The molecule has 0 bridgehead atoms. The van der Waals surface area contributed by atoms with Gasteiger partial charge < -0.3 is 15.5 Å². The lowest BCUT2D eigenvalue weighted by atomic mass is 10.2. The number of nitrogens with zero attached hydrogens (tertiary/aromatic N) is 1. The minimum absolute atomic E-state index is 0. The predicted molar refractivity (Wildman–Crippen MR) is 82.2 cm³/mol. The zero-order chi connectivity index (χ0) is 13.0. The van der Waals surface area contributed by atoms with Crippen LogP contribution in [-0.2, 0) is 4.79 Å². The SMILES string of the molecule is CC(C)CNC(=O)CN1CCNc2ccccc21.Cl. The van der Waals surface area contributed by atoms with E-state index in [1.165, 1.54) is 0 Å². The number of amides is 1. The molecule has 106 valence electrons. The van der Waals surface area contributed by atoms with Gasteiger partial charge >= 0.3 is 0 Å². The molecule has 5 heteroatoms. The fraction of sp³-hybridized carbons (Fsp3) is 0.500. The van der Waals surface area contributed by atoms with Gasteiger partial charge in [-0.1, -0.05) is 26.0 Å². The Balaban J connectivity index is 0.00000180. The van der Waals surface area contributed by atoms with Crippen LogP contribution < -0.4 is 15.5 Å². The maximum Gasteiger partial charge on any atom is 0.239 e. The van der Waals surface area contributed by atoms with Crippen molar-refractivity contribution in [1.82, 2.24) is 5.32 Å². The highest BCUT2D eigenvalue weighted by molar-refractivity contribution is 5.85. The van der Waals surface area contributed by atoms with Crippen molar-refractivity contribution in [3.05, 3.63) is 24.3 Å². The third-order valence-corrected chi connectivity index (χ3v) is 2.98. The summed E-state index contributed by atoms with van der Waals surface area (Å²) in [6.45, 7) is 7.12. The summed E-state index contributed by atoms with van der Waals surface area (Å²) < 4.78 is 0. The Labute approximate surface area is 121 Å². The highest BCUT2D eigenvalue weighted by Gasteiger charge is 2.17. The van der Waals surface area contributed by atoms with Gasteiger partial charge in [-0.05, 0) is 18.1 Å². The highest BCUT2D eigenvalue weighted by Crippen LogP contribution is 2.27. The van der Waals surface area contributed by atoms with Crippen LogP contribution in [-0.4, -0.2) is 32.1 Å². The number of halogens is 1. The van der Waals surface area contributed by atoms with Crippen LogP contribution in [0.1, 0.15) is 13.8 Å². The Hall–Kier alpha value is -1.42. The number of carbonyl (C=O) groups is 1. The summed E-state index contributed by atoms with van der Waals surface area (Å²) in [4.78, 5) is 14.0. The van der Waals surface area contributed by atoms with Crippen LogP contribution in [0.15, 0.2) is 24.3 Å². The quantitative estimate of drug-likeness (QED) is 0.890. The summed E-state index contributed by atoms with van der Waals surface area (Å²) in [6.07, 6.45) is 0. The van der Waals surface area contributed by atoms with E-state index in [9.17, 15) is 4.79 Å². The van der Waals surface area contributed by atoms with Gasteiger partial charge in [0.2, 0.25) is 5.91 Å². The van der Waals surface area contributed by atoms with Gasteiger partial charge in [0, 0.05) is 19.6 Å². The van der Waals surface area contributed by atoms with Gasteiger partial charge in [0.25, 0.3) is 0 Å². The van der Waals surface area contributed by atoms with E-state index in [-0.39, 0.29) is 18.3 Å². The van der Waals surface area contributed by atoms with Crippen molar-refractivity contribution in [3.8, 4) is 0 Å². The smallest absolute Gasteiger partial charge is 0.239 e. The third kappa shape index (κ3) is 4.31. The van der Waals surface area contributed by atoms with Gasteiger partial charge in [0.1, 0.15) is 0 Å². The summed E-state index contributed by atoms with van der Waals surface area (Å²) >= 11 is 0. The summed E-state index contributed by atoms with van der Waals surface area (Å²) in [5.74, 6) is 0.588. The van der Waals surface area contributed by atoms with Crippen LogP contribution in [0.2, 0.25) is 0 Å². The number of rotatable bonds is 4. The zero-order valence-electron chi connectivity index (χ0n) is 11.5. The van der Waals surface area contributed by atoms with E-state index in [2.05, 4.69) is 35.4 Å². The van der Waals surface area contributed by atoms with Gasteiger partial charge in [-0.15, -0.1) is 12.4 Å². The lowest BCUT2D eigenvalue weighted by Crippen LogP contribution is -2.42. The Morgan fingerprint density at radius 2 is 2.16 bits per heavy atom. The molecule has 1 amide bonds. The van der Waals surface area contributed by atoms with Crippen molar-refractivity contribution in [2.24, 2.45) is 5.92 Å². The maximum absolute atomic E-state index is 11.9. The van der Waals surface area contributed by atoms with Gasteiger partial charge in [0.15, 0.2) is 0 Å². The number of hydrogen-bond donors (Lipinski definition) is 2. The van der Waals surface area contributed by atoms with Crippen molar-refractivity contribution in [3.63, 3.8) is 0 Å². The molecule has 0 radical (unpaired) electrons. The molecule has 0 aliphatic carbocycles. The van der Waals surface area contributed by atoms with Crippen molar-refractivity contribution in [2.75, 3.05) is 36.4 Å². The summed E-state index contributed by atoms with van der Waals surface area (Å²) in [5.41, 5.74) is 2.23. The van der Waals surface area contributed by atoms with Crippen LogP contribution in [0.4, 0.5) is 11.4 Å². The second-order valence-electron chi connectivity index (χ2n) is 5.06. The average molecular weight is 284 g/mol. The van der Waals surface area contributed by atoms with Crippen molar-refractivity contribution >= 4 is 29.7 Å². The first-order valence-electron chi connectivity index (χ1n) is 6.51. The number of benzene rings is 1. The van der Waals surface area contributed by atoms with E-state index in [4.69, 9.17) is 0 Å². The number of hydrogen-bond acceptors (Lipinski definition) is 3. The summed E-state index contributed by atoms with van der Waals surface area (Å²) in [7, 11) is 0. The van der Waals surface area contributed by atoms with Crippen molar-refractivity contribution in [1.29, 1.82) is 0 Å². The first kappa shape index (κ1) is 15.6. The molecule has 19 heavy (non-hydrogen) atoms. The van der Waals surface area contributed by atoms with Crippen LogP contribution in [0.3, 0.4) is 0 Å². The van der Waals surface area contributed by atoms with E-state index < -0.39 is 0 Å². The lowest BCUT2D eigenvalue weighted by molar-refractivity contribution is -0.119. The van der Waals surface area contributed by atoms with Crippen molar-refractivity contribution in [2.45, 2.75) is 13.8 Å². The fourth-order valence-corrected chi connectivity index (χ4v) is 2.06. The number of para-hydroxylation sites is 2. The first-order valence-corrected chi connectivity index (χ1v) is 6.51. The number of fused-ring (bicyclic) bond motifs is 1. The lowest BCUT2D eigenvalue weighted by Gasteiger charge is -2.31. The second kappa shape index (κ2) is 7.24. The minimum atomic E-state index is 0. The van der Waals surface area contributed by atoms with E-state index in [1.54, 1.807) is 0 Å². The highest BCUT2D eigenvalue weighted by atomic mass is 35.5. The molecule has 1 aliphatic heterocycles. The van der Waals surface area contributed by atoms with Crippen LogP contribution in [0.25, 0.3) is 0 Å². The minimum Gasteiger partial charge on any atom is -0.382 e. The molecule has 0 unspecified atom stereocenters. The molecule has 1 aromatic rings. The van der Waals surface area contributed by atoms with E-state index in [0.717, 1.165) is 31.0 Å². The number of nitrogens with one attached hydrogen (secondary N) is 2. The molecule has 0 atom stereocenters. The van der Waals surface area contributed by atoms with E-state index >= 15 is 0 Å². The van der Waals surface area contributed by atoms with Gasteiger partial charge in [-0.25, -0.2) is 0 Å². The summed E-state index contributed by atoms with van der Waals surface area (Å²) in [6, 6.07) is 8.11. The molecule has 0 aromatic heterocycles.